The number of phenols is 1. The fourth-order valence-corrected chi connectivity index (χ4v) is 1.95. The minimum Gasteiger partial charge on any atom is -0.505 e. The fourth-order valence-electron chi connectivity index (χ4n) is 1.95. The highest BCUT2D eigenvalue weighted by Gasteiger charge is 2.08. The van der Waals surface area contributed by atoms with Gasteiger partial charge in [-0.2, -0.15) is 0 Å². The van der Waals surface area contributed by atoms with Gasteiger partial charge in [-0.3, -0.25) is 4.79 Å². The van der Waals surface area contributed by atoms with E-state index in [0.717, 1.165) is 22.8 Å². The van der Waals surface area contributed by atoms with Gasteiger partial charge in [-0.15, -0.1) is 0 Å². The van der Waals surface area contributed by atoms with Gasteiger partial charge in [0.05, 0.1) is 6.42 Å². The predicted molar refractivity (Wildman–Crippen MR) is 76.3 cm³/mol. The van der Waals surface area contributed by atoms with E-state index < -0.39 is 11.6 Å². The maximum absolute atomic E-state index is 13.2. The van der Waals surface area contributed by atoms with Crippen LogP contribution < -0.4 is 5.32 Å². The Bertz CT molecular complexity index is 653. The number of amides is 1. The van der Waals surface area contributed by atoms with Gasteiger partial charge < -0.3 is 10.4 Å². The normalized spacial score (nSPS) is 10.3. The van der Waals surface area contributed by atoms with Crippen molar-refractivity contribution in [3.05, 3.63) is 58.9 Å². The average molecular weight is 273 g/mol. The molecule has 0 aliphatic heterocycles. The summed E-state index contributed by atoms with van der Waals surface area (Å²) in [7, 11) is 0. The van der Waals surface area contributed by atoms with Crippen LogP contribution in [0.3, 0.4) is 0 Å². The molecule has 0 heterocycles. The largest absolute Gasteiger partial charge is 0.505 e. The SMILES string of the molecule is Cc1ccc(C)c(CC(=O)Nc2ccc(O)c(F)c2)c1. The Kier molecular flexibility index (Phi) is 4.03. The second-order valence-corrected chi connectivity index (χ2v) is 4.82. The Labute approximate surface area is 117 Å². The lowest BCUT2D eigenvalue weighted by molar-refractivity contribution is -0.115. The third kappa shape index (κ3) is 3.35. The molecule has 0 saturated heterocycles. The number of rotatable bonds is 3. The van der Waals surface area contributed by atoms with Gasteiger partial charge in [-0.05, 0) is 37.1 Å². The molecule has 0 bridgehead atoms. The van der Waals surface area contributed by atoms with Crippen molar-refractivity contribution in [1.82, 2.24) is 0 Å². The van der Waals surface area contributed by atoms with Gasteiger partial charge in [0.1, 0.15) is 0 Å². The standard InChI is InChI=1S/C16H16FNO2/c1-10-3-4-11(2)12(7-10)8-16(20)18-13-5-6-15(19)14(17)9-13/h3-7,9,19H,8H2,1-2H3,(H,18,20). The molecule has 0 unspecified atom stereocenters. The molecule has 0 aliphatic rings. The molecule has 104 valence electrons. The second kappa shape index (κ2) is 5.74. The Morgan fingerprint density at radius 3 is 2.65 bits per heavy atom. The summed E-state index contributed by atoms with van der Waals surface area (Å²) in [6.45, 7) is 3.92. The molecule has 2 N–H and O–H groups in total. The van der Waals surface area contributed by atoms with Gasteiger partial charge in [0, 0.05) is 11.8 Å². The molecule has 0 spiro atoms. The van der Waals surface area contributed by atoms with E-state index in [9.17, 15) is 9.18 Å². The number of anilines is 1. The van der Waals surface area contributed by atoms with Crippen molar-refractivity contribution >= 4 is 11.6 Å². The van der Waals surface area contributed by atoms with E-state index in [-0.39, 0.29) is 12.3 Å². The molecule has 4 heteroatoms. The molecule has 20 heavy (non-hydrogen) atoms. The van der Waals surface area contributed by atoms with Crippen LogP contribution in [0.25, 0.3) is 0 Å². The van der Waals surface area contributed by atoms with E-state index in [0.29, 0.717) is 5.69 Å². The summed E-state index contributed by atoms with van der Waals surface area (Å²) in [6.07, 6.45) is 0.232. The molecule has 2 aromatic carbocycles. The summed E-state index contributed by atoms with van der Waals surface area (Å²) in [5.41, 5.74) is 3.41. The van der Waals surface area contributed by atoms with E-state index in [1.807, 2.05) is 32.0 Å². The maximum atomic E-state index is 13.2. The van der Waals surface area contributed by atoms with Crippen LogP contribution in [-0.4, -0.2) is 11.0 Å². The van der Waals surface area contributed by atoms with Crippen molar-refractivity contribution < 1.29 is 14.3 Å². The van der Waals surface area contributed by atoms with Gasteiger partial charge in [0.2, 0.25) is 5.91 Å². The topological polar surface area (TPSA) is 49.3 Å². The molecule has 0 atom stereocenters. The average Bonchev–Trinajstić information content (AvgIpc) is 2.38. The lowest BCUT2D eigenvalue weighted by atomic mass is 10.0. The molecule has 0 aliphatic carbocycles. The first-order valence-corrected chi connectivity index (χ1v) is 6.30. The quantitative estimate of drug-likeness (QED) is 0.843. The summed E-state index contributed by atoms with van der Waals surface area (Å²) in [6, 6.07) is 9.69. The molecule has 0 saturated carbocycles. The molecule has 0 fully saturated rings. The third-order valence-electron chi connectivity index (χ3n) is 3.09. The highest BCUT2D eigenvalue weighted by molar-refractivity contribution is 5.92. The smallest absolute Gasteiger partial charge is 0.228 e. The van der Waals surface area contributed by atoms with Crippen LogP contribution in [-0.2, 0) is 11.2 Å². The molecule has 3 nitrogen and oxygen atoms in total. The summed E-state index contributed by atoms with van der Waals surface area (Å²) in [5, 5.41) is 11.7. The van der Waals surface area contributed by atoms with Gasteiger partial charge in [0.25, 0.3) is 0 Å². The van der Waals surface area contributed by atoms with E-state index >= 15 is 0 Å². The van der Waals surface area contributed by atoms with Crippen LogP contribution in [0.4, 0.5) is 10.1 Å². The minimum atomic E-state index is -0.755. The first-order chi connectivity index (χ1) is 9.45. The lowest BCUT2D eigenvalue weighted by Gasteiger charge is -2.09. The number of carbonyl (C=O) groups is 1. The van der Waals surface area contributed by atoms with Crippen molar-refractivity contribution in [1.29, 1.82) is 0 Å². The zero-order chi connectivity index (χ0) is 14.7. The maximum Gasteiger partial charge on any atom is 0.228 e. The van der Waals surface area contributed by atoms with Crippen molar-refractivity contribution in [2.45, 2.75) is 20.3 Å². The number of benzene rings is 2. The van der Waals surface area contributed by atoms with Crippen molar-refractivity contribution in [3.8, 4) is 5.75 Å². The first kappa shape index (κ1) is 14.1. The number of halogens is 1. The highest BCUT2D eigenvalue weighted by atomic mass is 19.1. The van der Waals surface area contributed by atoms with Crippen LogP contribution in [0.5, 0.6) is 5.75 Å². The van der Waals surface area contributed by atoms with Crippen LogP contribution in [0, 0.1) is 19.7 Å². The van der Waals surface area contributed by atoms with E-state index in [4.69, 9.17) is 5.11 Å². The van der Waals surface area contributed by atoms with Gasteiger partial charge in [-0.25, -0.2) is 4.39 Å². The molecular formula is C16H16FNO2. The molecular weight excluding hydrogens is 257 g/mol. The predicted octanol–water partition coefficient (Wildman–Crippen LogP) is 3.33. The summed E-state index contributed by atoms with van der Waals surface area (Å²) < 4.78 is 13.2. The first-order valence-electron chi connectivity index (χ1n) is 6.30. The lowest BCUT2D eigenvalue weighted by Crippen LogP contribution is -2.15. The van der Waals surface area contributed by atoms with E-state index in [1.54, 1.807) is 0 Å². The highest BCUT2D eigenvalue weighted by Crippen LogP contribution is 2.20. The van der Waals surface area contributed by atoms with Crippen LogP contribution in [0.1, 0.15) is 16.7 Å². The second-order valence-electron chi connectivity index (χ2n) is 4.82. The van der Waals surface area contributed by atoms with Gasteiger partial charge >= 0.3 is 0 Å². The Morgan fingerprint density at radius 1 is 1.20 bits per heavy atom. The van der Waals surface area contributed by atoms with Gasteiger partial charge in [0.15, 0.2) is 11.6 Å². The number of aromatic hydroxyl groups is 1. The Balaban J connectivity index is 2.09. The number of phenolic OH excluding ortho intramolecular Hbond substituents is 1. The molecule has 0 aromatic heterocycles. The monoisotopic (exact) mass is 273 g/mol. The van der Waals surface area contributed by atoms with E-state index in [1.165, 1.54) is 12.1 Å². The Hall–Kier alpha value is -2.36. The number of carbonyl (C=O) groups excluding carboxylic acids is 1. The van der Waals surface area contributed by atoms with Crippen molar-refractivity contribution in [2.75, 3.05) is 5.32 Å². The van der Waals surface area contributed by atoms with E-state index in [2.05, 4.69) is 5.32 Å². The zero-order valence-corrected chi connectivity index (χ0v) is 11.4. The fraction of sp³-hybridized carbons (Fsp3) is 0.188. The number of hydrogen-bond acceptors (Lipinski definition) is 2. The van der Waals surface area contributed by atoms with Crippen molar-refractivity contribution in [2.24, 2.45) is 0 Å². The van der Waals surface area contributed by atoms with Crippen LogP contribution in [0.2, 0.25) is 0 Å². The van der Waals surface area contributed by atoms with Crippen molar-refractivity contribution in [3.63, 3.8) is 0 Å². The number of aryl methyl sites for hydroxylation is 2. The molecule has 2 aromatic rings. The summed E-state index contributed by atoms with van der Waals surface area (Å²) in [4.78, 5) is 11.9. The third-order valence-corrected chi connectivity index (χ3v) is 3.09. The number of nitrogens with one attached hydrogen (secondary N) is 1. The number of hydrogen-bond donors (Lipinski definition) is 2. The van der Waals surface area contributed by atoms with Crippen LogP contribution >= 0.6 is 0 Å². The summed E-state index contributed by atoms with van der Waals surface area (Å²) in [5.74, 6) is -1.41. The zero-order valence-electron chi connectivity index (χ0n) is 11.4. The molecule has 2 rings (SSSR count). The molecule has 0 radical (unpaired) electrons. The Morgan fingerprint density at radius 2 is 1.95 bits per heavy atom. The van der Waals surface area contributed by atoms with Gasteiger partial charge in [-0.1, -0.05) is 23.8 Å². The minimum absolute atomic E-state index is 0.219. The van der Waals surface area contributed by atoms with Crippen LogP contribution in [0.15, 0.2) is 36.4 Å². The molecule has 1 amide bonds. The summed E-state index contributed by atoms with van der Waals surface area (Å²) >= 11 is 0.